The number of aromatic hydroxyl groups is 1. The highest BCUT2D eigenvalue weighted by Crippen LogP contribution is 2.53. The third kappa shape index (κ3) is 3.72. The zero-order chi connectivity index (χ0) is 28.7. The molecule has 40 heavy (non-hydrogen) atoms. The van der Waals surface area contributed by atoms with Crippen molar-refractivity contribution in [2.45, 2.75) is 49.9 Å². The number of aliphatic hydroxyl groups excluding tert-OH is 2. The number of aliphatic hydroxyl groups is 3. The summed E-state index contributed by atoms with van der Waals surface area (Å²) in [6.07, 6.45) is 2.49. The fourth-order valence-corrected chi connectivity index (χ4v) is 6.62. The van der Waals surface area contributed by atoms with Crippen LogP contribution in [0.15, 0.2) is 45.6 Å². The highest BCUT2D eigenvalue weighted by atomic mass is 16.4. The van der Waals surface area contributed by atoms with Crippen LogP contribution in [0.1, 0.15) is 36.1 Å². The topological polar surface area (TPSA) is 187 Å². The molecule has 11 nitrogen and oxygen atoms in total. The maximum atomic E-state index is 13.9. The van der Waals surface area contributed by atoms with Crippen molar-refractivity contribution in [3.63, 3.8) is 0 Å². The summed E-state index contributed by atoms with van der Waals surface area (Å²) in [4.78, 5) is 40.8. The smallest absolute Gasteiger partial charge is 0.255 e. The maximum absolute atomic E-state index is 13.9. The standard InChI is InChI=1S/C29H31N3O8/c1-32(2)23-17-10-12-9-16-15(19-8-5-14(40-19)11-31-13-3-4-13)6-7-18(33)21(16)24(34)20(12)26(36)29(17,39)27(37)22(25(23)35)28(30)38/h5-8,12-13,17,23,31,33-34,37,39H,3-4,9-11H2,1-2H3,(H2,30,38)/t12-,17-,23?,29-/m1/s1. The van der Waals surface area contributed by atoms with Crippen LogP contribution in [0.5, 0.6) is 5.75 Å². The van der Waals surface area contributed by atoms with Gasteiger partial charge in [0.05, 0.1) is 18.2 Å². The highest BCUT2D eigenvalue weighted by molar-refractivity contribution is 6.24. The molecular weight excluding hydrogens is 518 g/mol. The van der Waals surface area contributed by atoms with Gasteiger partial charge in [-0.25, -0.2) is 0 Å². The number of likely N-dealkylation sites (N-methyl/N-ethyl adjacent to an activating group) is 1. The number of rotatable bonds is 6. The molecule has 0 radical (unpaired) electrons. The lowest BCUT2D eigenvalue weighted by molar-refractivity contribution is -0.153. The number of hydrogen-bond donors (Lipinski definition) is 6. The second-order valence-electron chi connectivity index (χ2n) is 11.4. The normalized spacial score (nSPS) is 28.1. The van der Waals surface area contributed by atoms with Crippen LogP contribution in [0.2, 0.25) is 0 Å². The number of hydrogen-bond acceptors (Lipinski definition) is 10. The monoisotopic (exact) mass is 549 g/mol. The van der Waals surface area contributed by atoms with E-state index >= 15 is 0 Å². The molecule has 1 amide bonds. The summed E-state index contributed by atoms with van der Waals surface area (Å²) in [6, 6.07) is 6.12. The van der Waals surface area contributed by atoms with E-state index in [2.05, 4.69) is 5.32 Å². The molecule has 0 aliphatic heterocycles. The van der Waals surface area contributed by atoms with Gasteiger partial charge in [-0.3, -0.25) is 19.3 Å². The minimum Gasteiger partial charge on any atom is -0.508 e. The summed E-state index contributed by atoms with van der Waals surface area (Å²) in [6.45, 7) is 0.571. The zero-order valence-corrected chi connectivity index (χ0v) is 22.1. The number of Topliss-reactive ketones (excluding diaryl/α,β-unsaturated/α-hetero) is 2. The Kier molecular flexibility index (Phi) is 5.95. The number of nitrogens with two attached hydrogens (primary N) is 1. The molecule has 1 aromatic carbocycles. The summed E-state index contributed by atoms with van der Waals surface area (Å²) in [7, 11) is 3.13. The van der Waals surface area contributed by atoms with Crippen LogP contribution in [-0.2, 0) is 27.3 Å². The number of furan rings is 1. The van der Waals surface area contributed by atoms with Crippen LogP contribution in [0.3, 0.4) is 0 Å². The molecule has 11 heteroatoms. The molecule has 7 N–H and O–H groups in total. The molecule has 1 aromatic heterocycles. The Hall–Kier alpha value is -3.93. The van der Waals surface area contributed by atoms with Crippen LogP contribution in [0, 0.1) is 11.8 Å². The first kappa shape index (κ1) is 26.3. The number of benzene rings is 1. The molecule has 2 saturated carbocycles. The van der Waals surface area contributed by atoms with Crippen LogP contribution in [-0.4, -0.2) is 74.6 Å². The van der Waals surface area contributed by atoms with Crippen LogP contribution >= 0.6 is 0 Å². The molecule has 0 spiro atoms. The van der Waals surface area contributed by atoms with Gasteiger partial charge >= 0.3 is 0 Å². The number of carbonyl (C=O) groups excluding carboxylic acids is 3. The molecule has 2 fully saturated rings. The van der Waals surface area contributed by atoms with Crippen molar-refractivity contribution in [2.24, 2.45) is 17.6 Å². The Morgan fingerprint density at radius 3 is 2.52 bits per heavy atom. The number of carbonyl (C=O) groups is 3. The first-order valence-electron chi connectivity index (χ1n) is 13.3. The number of phenols is 1. The quantitative estimate of drug-likeness (QED) is 0.288. The van der Waals surface area contributed by atoms with E-state index in [9.17, 15) is 34.8 Å². The second-order valence-corrected chi connectivity index (χ2v) is 11.4. The number of fused-ring (bicyclic) bond motifs is 3. The van der Waals surface area contributed by atoms with Crippen molar-refractivity contribution in [1.82, 2.24) is 10.2 Å². The molecule has 2 aromatic rings. The van der Waals surface area contributed by atoms with Crippen LogP contribution < -0.4 is 11.1 Å². The van der Waals surface area contributed by atoms with Gasteiger partial charge in [0, 0.05) is 23.1 Å². The van der Waals surface area contributed by atoms with Crippen molar-refractivity contribution in [2.75, 3.05) is 14.1 Å². The zero-order valence-electron chi connectivity index (χ0n) is 22.1. The highest BCUT2D eigenvalue weighted by Gasteiger charge is 2.64. The average molecular weight is 550 g/mol. The number of ketones is 2. The van der Waals surface area contributed by atoms with E-state index in [1.54, 1.807) is 20.2 Å². The van der Waals surface area contributed by atoms with Crippen molar-refractivity contribution in [3.8, 4) is 17.1 Å². The van der Waals surface area contributed by atoms with Gasteiger partial charge in [0.2, 0.25) is 5.78 Å². The molecule has 4 aliphatic carbocycles. The third-order valence-corrected chi connectivity index (χ3v) is 8.67. The summed E-state index contributed by atoms with van der Waals surface area (Å²) >= 11 is 0. The van der Waals surface area contributed by atoms with E-state index in [1.165, 1.54) is 11.0 Å². The largest absolute Gasteiger partial charge is 0.508 e. The van der Waals surface area contributed by atoms with E-state index in [-0.39, 0.29) is 29.7 Å². The fourth-order valence-electron chi connectivity index (χ4n) is 6.62. The summed E-state index contributed by atoms with van der Waals surface area (Å²) in [5.41, 5.74) is 2.89. The Balaban J connectivity index is 1.47. The van der Waals surface area contributed by atoms with E-state index in [1.807, 2.05) is 12.1 Å². The molecule has 4 aliphatic rings. The first-order valence-corrected chi connectivity index (χ1v) is 13.3. The lowest BCUT2D eigenvalue weighted by Gasteiger charge is -2.50. The second kappa shape index (κ2) is 9.05. The van der Waals surface area contributed by atoms with E-state index in [0.29, 0.717) is 29.5 Å². The number of nitrogens with zero attached hydrogens (tertiary/aromatic N) is 1. The Labute approximate surface area is 229 Å². The van der Waals surface area contributed by atoms with Gasteiger partial charge < -0.3 is 35.9 Å². The minimum absolute atomic E-state index is 0.0234. The number of phenolic OH excluding ortho intramolecular Hbond substituents is 1. The molecular formula is C29H31N3O8. The predicted octanol–water partition coefficient (Wildman–Crippen LogP) is 1.48. The van der Waals surface area contributed by atoms with Gasteiger partial charge in [0.1, 0.15) is 34.4 Å². The molecule has 4 atom stereocenters. The van der Waals surface area contributed by atoms with Gasteiger partial charge in [-0.05, 0) is 75.5 Å². The van der Waals surface area contributed by atoms with E-state index in [0.717, 1.165) is 18.6 Å². The van der Waals surface area contributed by atoms with Crippen molar-refractivity contribution < 1.29 is 39.2 Å². The van der Waals surface area contributed by atoms with Crippen molar-refractivity contribution in [3.05, 3.63) is 58.1 Å². The first-order chi connectivity index (χ1) is 18.9. The molecule has 0 bridgehead atoms. The Morgan fingerprint density at radius 1 is 1.15 bits per heavy atom. The van der Waals surface area contributed by atoms with E-state index in [4.69, 9.17) is 10.2 Å². The minimum atomic E-state index is -2.66. The lowest BCUT2D eigenvalue weighted by Crippen LogP contribution is -2.65. The summed E-state index contributed by atoms with van der Waals surface area (Å²) in [5, 5.41) is 48.2. The van der Waals surface area contributed by atoms with Gasteiger partial charge in [-0.15, -0.1) is 0 Å². The molecule has 210 valence electrons. The number of nitrogens with one attached hydrogen (secondary N) is 1. The van der Waals surface area contributed by atoms with Crippen molar-refractivity contribution in [1.29, 1.82) is 0 Å². The number of primary amides is 1. The molecule has 1 heterocycles. The predicted molar refractivity (Wildman–Crippen MR) is 142 cm³/mol. The lowest BCUT2D eigenvalue weighted by atomic mass is 9.57. The Bertz CT molecular complexity index is 1530. The summed E-state index contributed by atoms with van der Waals surface area (Å²) in [5.74, 6) is -5.52. The van der Waals surface area contributed by atoms with Gasteiger partial charge in [-0.1, -0.05) is 0 Å². The molecule has 0 saturated heterocycles. The van der Waals surface area contributed by atoms with Crippen LogP contribution in [0.25, 0.3) is 17.1 Å². The fraction of sp³-hybridized carbons (Fsp3) is 0.414. The van der Waals surface area contributed by atoms with Gasteiger partial charge in [-0.2, -0.15) is 0 Å². The Morgan fingerprint density at radius 2 is 1.88 bits per heavy atom. The third-order valence-electron chi connectivity index (χ3n) is 8.67. The number of amides is 1. The SMILES string of the molecule is CN(C)C1C(=O)C(C(N)=O)=C(O)[C@]2(O)C(=O)C3=C(O)c4c(O)ccc(-c5ccc(CNC6CC6)o5)c4C[C@@H]3C[C@H]12. The van der Waals surface area contributed by atoms with Gasteiger partial charge in [0.25, 0.3) is 5.91 Å². The molecule has 6 rings (SSSR count). The van der Waals surface area contributed by atoms with Gasteiger partial charge in [0.15, 0.2) is 11.4 Å². The van der Waals surface area contributed by atoms with Crippen molar-refractivity contribution >= 4 is 23.2 Å². The van der Waals surface area contributed by atoms with E-state index < -0.39 is 58.0 Å². The van der Waals surface area contributed by atoms with Crippen LogP contribution in [0.4, 0.5) is 0 Å². The maximum Gasteiger partial charge on any atom is 0.255 e. The average Bonchev–Trinajstić information content (AvgIpc) is 3.60. The molecule has 1 unspecified atom stereocenters. The summed E-state index contributed by atoms with van der Waals surface area (Å²) < 4.78 is 6.08.